The number of aliphatic hydroxyl groups excluding tert-OH is 1. The molecule has 0 spiro atoms. The van der Waals surface area contributed by atoms with E-state index in [2.05, 4.69) is 0 Å². The van der Waals surface area contributed by atoms with Crippen molar-refractivity contribution in [2.45, 2.75) is 57.2 Å². The Hall–Kier alpha value is -0.770. The summed E-state index contributed by atoms with van der Waals surface area (Å²) < 4.78 is 5.06. The fourth-order valence-corrected chi connectivity index (χ4v) is 2.85. The number of rotatable bonds is 1. The van der Waals surface area contributed by atoms with Gasteiger partial charge in [-0.2, -0.15) is 0 Å². The molecule has 0 aliphatic carbocycles. The van der Waals surface area contributed by atoms with E-state index in [0.717, 1.165) is 32.1 Å². The van der Waals surface area contributed by atoms with E-state index in [0.29, 0.717) is 6.61 Å². The van der Waals surface area contributed by atoms with Gasteiger partial charge in [-0.25, -0.2) is 4.79 Å². The van der Waals surface area contributed by atoms with Crippen LogP contribution >= 0.6 is 0 Å². The standard InChI is InChI=1S/C11H19NO3/c1-2-15-11(14)12-8-4-3-5-9(12)7-10(13)6-8/h8-10,13H,2-7H2,1H3. The minimum absolute atomic E-state index is 0.195. The van der Waals surface area contributed by atoms with Crippen LogP contribution in [0.2, 0.25) is 0 Å². The van der Waals surface area contributed by atoms with E-state index in [-0.39, 0.29) is 24.3 Å². The van der Waals surface area contributed by atoms with Gasteiger partial charge >= 0.3 is 6.09 Å². The molecule has 2 fully saturated rings. The van der Waals surface area contributed by atoms with Gasteiger partial charge < -0.3 is 14.7 Å². The largest absolute Gasteiger partial charge is 0.450 e. The van der Waals surface area contributed by atoms with E-state index in [9.17, 15) is 9.90 Å². The summed E-state index contributed by atoms with van der Waals surface area (Å²) in [7, 11) is 0. The van der Waals surface area contributed by atoms with Crippen LogP contribution in [0.25, 0.3) is 0 Å². The molecule has 1 N–H and O–H groups in total. The molecule has 2 bridgehead atoms. The second kappa shape index (κ2) is 4.39. The van der Waals surface area contributed by atoms with Crippen LogP contribution < -0.4 is 0 Å². The van der Waals surface area contributed by atoms with Crippen LogP contribution in [0.3, 0.4) is 0 Å². The van der Waals surface area contributed by atoms with Gasteiger partial charge in [0.05, 0.1) is 12.7 Å². The lowest BCUT2D eigenvalue weighted by Gasteiger charge is -2.46. The van der Waals surface area contributed by atoms with Crippen molar-refractivity contribution in [1.29, 1.82) is 0 Å². The van der Waals surface area contributed by atoms with Crippen LogP contribution in [0.1, 0.15) is 39.0 Å². The fourth-order valence-electron chi connectivity index (χ4n) is 2.85. The van der Waals surface area contributed by atoms with E-state index in [1.165, 1.54) is 0 Å². The number of amides is 1. The predicted molar refractivity (Wildman–Crippen MR) is 55.5 cm³/mol. The van der Waals surface area contributed by atoms with Crippen LogP contribution in [0.15, 0.2) is 0 Å². The highest BCUT2D eigenvalue weighted by Gasteiger charge is 2.40. The van der Waals surface area contributed by atoms with Gasteiger partial charge in [-0.1, -0.05) is 0 Å². The van der Waals surface area contributed by atoms with Crippen molar-refractivity contribution in [3.63, 3.8) is 0 Å². The topological polar surface area (TPSA) is 49.8 Å². The number of nitrogens with zero attached hydrogens (tertiary/aromatic N) is 1. The van der Waals surface area contributed by atoms with Crippen molar-refractivity contribution in [2.75, 3.05) is 6.61 Å². The van der Waals surface area contributed by atoms with Gasteiger partial charge in [-0.05, 0) is 39.0 Å². The quantitative estimate of drug-likeness (QED) is 0.718. The highest BCUT2D eigenvalue weighted by Crippen LogP contribution is 2.34. The van der Waals surface area contributed by atoms with Crippen molar-refractivity contribution in [3.8, 4) is 0 Å². The number of carbonyl (C=O) groups is 1. The lowest BCUT2D eigenvalue weighted by molar-refractivity contribution is -0.0230. The van der Waals surface area contributed by atoms with E-state index < -0.39 is 0 Å². The monoisotopic (exact) mass is 213 g/mol. The molecule has 2 unspecified atom stereocenters. The minimum Gasteiger partial charge on any atom is -0.450 e. The number of hydrogen-bond acceptors (Lipinski definition) is 3. The molecule has 15 heavy (non-hydrogen) atoms. The summed E-state index contributed by atoms with van der Waals surface area (Å²) in [5.74, 6) is 0. The van der Waals surface area contributed by atoms with Crippen LogP contribution in [0, 0.1) is 0 Å². The minimum atomic E-state index is -0.231. The van der Waals surface area contributed by atoms with E-state index in [4.69, 9.17) is 4.74 Å². The third-order valence-electron chi connectivity index (χ3n) is 3.43. The van der Waals surface area contributed by atoms with E-state index in [1.54, 1.807) is 0 Å². The summed E-state index contributed by atoms with van der Waals surface area (Å²) in [5.41, 5.74) is 0. The predicted octanol–water partition coefficient (Wildman–Crippen LogP) is 1.52. The van der Waals surface area contributed by atoms with Crippen molar-refractivity contribution in [3.05, 3.63) is 0 Å². The maximum atomic E-state index is 11.7. The molecule has 0 aromatic carbocycles. The molecule has 2 atom stereocenters. The molecular weight excluding hydrogens is 194 g/mol. The second-order valence-electron chi connectivity index (χ2n) is 4.47. The molecule has 2 aliphatic heterocycles. The molecule has 2 aliphatic rings. The lowest BCUT2D eigenvalue weighted by Crippen LogP contribution is -2.56. The first kappa shape index (κ1) is 10.7. The molecule has 2 rings (SSSR count). The van der Waals surface area contributed by atoms with Crippen molar-refractivity contribution in [1.82, 2.24) is 4.90 Å². The van der Waals surface area contributed by atoms with E-state index >= 15 is 0 Å². The Balaban J connectivity index is 2.07. The average molecular weight is 213 g/mol. The highest BCUT2D eigenvalue weighted by molar-refractivity contribution is 5.68. The van der Waals surface area contributed by atoms with Gasteiger partial charge in [0, 0.05) is 12.1 Å². The van der Waals surface area contributed by atoms with Gasteiger partial charge in [0.2, 0.25) is 0 Å². The molecule has 4 heteroatoms. The van der Waals surface area contributed by atoms with E-state index in [1.807, 2.05) is 11.8 Å². The molecule has 0 radical (unpaired) electrons. The van der Waals surface area contributed by atoms with Crippen molar-refractivity contribution in [2.24, 2.45) is 0 Å². The summed E-state index contributed by atoms with van der Waals surface area (Å²) >= 11 is 0. The van der Waals surface area contributed by atoms with Gasteiger partial charge in [-0.15, -0.1) is 0 Å². The van der Waals surface area contributed by atoms with Gasteiger partial charge in [0.25, 0.3) is 0 Å². The third kappa shape index (κ3) is 2.09. The Morgan fingerprint density at radius 3 is 2.53 bits per heavy atom. The molecular formula is C11H19NO3. The lowest BCUT2D eigenvalue weighted by atomic mass is 9.83. The number of ether oxygens (including phenoxy) is 1. The number of piperidine rings is 2. The Labute approximate surface area is 90.2 Å². The number of fused-ring (bicyclic) bond motifs is 2. The molecule has 0 aromatic heterocycles. The van der Waals surface area contributed by atoms with Crippen LogP contribution in [0.5, 0.6) is 0 Å². The zero-order valence-electron chi connectivity index (χ0n) is 9.19. The Bertz CT molecular complexity index is 230. The first-order valence-corrected chi connectivity index (χ1v) is 5.85. The molecule has 0 saturated carbocycles. The Morgan fingerprint density at radius 1 is 1.40 bits per heavy atom. The molecule has 1 amide bonds. The van der Waals surface area contributed by atoms with Crippen LogP contribution in [-0.2, 0) is 4.74 Å². The highest BCUT2D eigenvalue weighted by atomic mass is 16.6. The first-order valence-electron chi connectivity index (χ1n) is 5.85. The smallest absolute Gasteiger partial charge is 0.410 e. The fraction of sp³-hybridized carbons (Fsp3) is 0.909. The average Bonchev–Trinajstić information content (AvgIpc) is 2.16. The summed E-state index contributed by atoms with van der Waals surface area (Å²) in [6, 6.07) is 0.401. The van der Waals surface area contributed by atoms with Crippen molar-refractivity contribution < 1.29 is 14.6 Å². The Morgan fingerprint density at radius 2 is 2.00 bits per heavy atom. The summed E-state index contributed by atoms with van der Waals surface area (Å²) in [6.07, 6.45) is 4.19. The SMILES string of the molecule is CCOC(=O)N1C2CCCC1CC(O)C2. The maximum Gasteiger partial charge on any atom is 0.410 e. The van der Waals surface area contributed by atoms with Gasteiger partial charge in [0.1, 0.15) is 0 Å². The maximum absolute atomic E-state index is 11.7. The van der Waals surface area contributed by atoms with Crippen molar-refractivity contribution >= 4 is 6.09 Å². The second-order valence-corrected chi connectivity index (χ2v) is 4.47. The molecule has 86 valence electrons. The third-order valence-corrected chi connectivity index (χ3v) is 3.43. The molecule has 2 heterocycles. The van der Waals surface area contributed by atoms with Gasteiger partial charge in [0.15, 0.2) is 0 Å². The normalized spacial score (nSPS) is 35.1. The molecule has 0 aromatic rings. The number of carbonyl (C=O) groups excluding carboxylic acids is 1. The summed E-state index contributed by atoms with van der Waals surface area (Å²) in [5, 5.41) is 9.67. The number of aliphatic hydroxyl groups is 1. The summed E-state index contributed by atoms with van der Waals surface area (Å²) in [6.45, 7) is 2.25. The zero-order chi connectivity index (χ0) is 10.8. The van der Waals surface area contributed by atoms with Crippen LogP contribution in [0.4, 0.5) is 4.79 Å². The first-order chi connectivity index (χ1) is 7.22. The summed E-state index contributed by atoms with van der Waals surface area (Å²) in [4.78, 5) is 13.6. The zero-order valence-corrected chi connectivity index (χ0v) is 9.19. The molecule has 2 saturated heterocycles. The van der Waals surface area contributed by atoms with Gasteiger partial charge in [-0.3, -0.25) is 0 Å². The molecule has 4 nitrogen and oxygen atoms in total. The van der Waals surface area contributed by atoms with Crippen LogP contribution in [-0.4, -0.2) is 40.9 Å². The number of hydrogen-bond donors (Lipinski definition) is 1. The Kier molecular flexibility index (Phi) is 3.14.